The Kier molecular flexibility index (Phi) is 10.7. The second kappa shape index (κ2) is 14.2. The van der Waals surface area contributed by atoms with Gasteiger partial charge in [0.2, 0.25) is 0 Å². The van der Waals surface area contributed by atoms with Crippen LogP contribution in [0.25, 0.3) is 6.08 Å². The van der Waals surface area contributed by atoms with Crippen LogP contribution >= 0.6 is 33.9 Å². The normalized spacial score (nSPS) is 14.7. The van der Waals surface area contributed by atoms with E-state index in [4.69, 9.17) is 23.7 Å². The fourth-order valence-corrected chi connectivity index (χ4v) is 6.27. The smallest absolute Gasteiger partial charge is 0.344 e. The van der Waals surface area contributed by atoms with Gasteiger partial charge in [-0.3, -0.25) is 9.36 Å². The number of esters is 2. The molecule has 43 heavy (non-hydrogen) atoms. The van der Waals surface area contributed by atoms with Gasteiger partial charge in [-0.1, -0.05) is 23.5 Å². The molecule has 0 saturated heterocycles. The number of rotatable bonds is 11. The van der Waals surface area contributed by atoms with E-state index in [9.17, 15) is 14.4 Å². The van der Waals surface area contributed by atoms with Crippen LogP contribution in [-0.2, 0) is 19.1 Å². The summed E-state index contributed by atoms with van der Waals surface area (Å²) >= 11 is 3.34. The summed E-state index contributed by atoms with van der Waals surface area (Å²) in [7, 11) is 1.54. The molecular formula is C31H33IN2O8S. The third kappa shape index (κ3) is 7.29. The van der Waals surface area contributed by atoms with E-state index >= 15 is 0 Å². The number of nitrogens with zero attached hydrogens (tertiary/aromatic N) is 2. The predicted octanol–water partition coefficient (Wildman–Crippen LogP) is 4.14. The molecule has 2 heterocycles. The third-order valence-corrected chi connectivity index (χ3v) is 8.11. The number of thiazole rings is 1. The maximum absolute atomic E-state index is 14.0. The highest BCUT2D eigenvalue weighted by Crippen LogP contribution is 2.36. The van der Waals surface area contributed by atoms with Gasteiger partial charge in [-0.2, -0.15) is 0 Å². The maximum Gasteiger partial charge on any atom is 0.344 e. The molecule has 10 nitrogen and oxygen atoms in total. The van der Waals surface area contributed by atoms with Crippen LogP contribution in [0, 0.1) is 3.57 Å². The summed E-state index contributed by atoms with van der Waals surface area (Å²) in [6.07, 6.45) is 1.69. The monoisotopic (exact) mass is 720 g/mol. The molecule has 0 unspecified atom stereocenters. The maximum atomic E-state index is 14.0. The number of aromatic nitrogens is 1. The molecule has 1 aliphatic rings. The van der Waals surface area contributed by atoms with E-state index in [0.29, 0.717) is 37.8 Å². The zero-order chi connectivity index (χ0) is 31.3. The number of carbonyl (C=O) groups is 2. The van der Waals surface area contributed by atoms with Crippen LogP contribution in [0.4, 0.5) is 0 Å². The molecule has 0 spiro atoms. The summed E-state index contributed by atoms with van der Waals surface area (Å²) in [5.74, 6) is 0.566. The SMILES string of the molecule is CCOC(=O)COc1ccc(/C=c2\sc3n(c2=O)[C@H](c2ccc(OC(C)C)c(OC)c2)C(C(=O)OCC)=C(C)N=3)cc1I. The highest BCUT2D eigenvalue weighted by atomic mass is 127. The summed E-state index contributed by atoms with van der Waals surface area (Å²) in [4.78, 5) is 44.0. The number of ether oxygens (including phenoxy) is 5. The summed E-state index contributed by atoms with van der Waals surface area (Å²) in [6.45, 7) is 9.30. The van der Waals surface area contributed by atoms with Crippen LogP contribution in [0.1, 0.15) is 51.8 Å². The number of allylic oxidation sites excluding steroid dienone is 1. The molecule has 0 saturated carbocycles. The number of methoxy groups -OCH3 is 1. The second-order valence-electron chi connectivity index (χ2n) is 9.66. The Hall–Kier alpha value is -3.65. The van der Waals surface area contributed by atoms with Crippen LogP contribution in [0.5, 0.6) is 17.2 Å². The van der Waals surface area contributed by atoms with E-state index in [0.717, 1.165) is 9.13 Å². The Morgan fingerprint density at radius 2 is 1.79 bits per heavy atom. The van der Waals surface area contributed by atoms with Gasteiger partial charge in [-0.05, 0) is 98.7 Å². The Labute approximate surface area is 266 Å². The number of benzene rings is 2. The van der Waals surface area contributed by atoms with E-state index in [1.807, 2.05) is 26.0 Å². The molecule has 4 rings (SSSR count). The number of halogens is 1. The zero-order valence-corrected chi connectivity index (χ0v) is 27.7. The van der Waals surface area contributed by atoms with Crippen LogP contribution in [0.2, 0.25) is 0 Å². The molecule has 1 atom stereocenters. The van der Waals surface area contributed by atoms with Crippen molar-refractivity contribution < 1.29 is 33.3 Å². The van der Waals surface area contributed by atoms with Crippen LogP contribution in [-0.4, -0.2) is 49.5 Å². The van der Waals surface area contributed by atoms with E-state index in [1.54, 1.807) is 58.2 Å². The molecule has 1 aliphatic heterocycles. The lowest BCUT2D eigenvalue weighted by molar-refractivity contribution is -0.145. The van der Waals surface area contributed by atoms with E-state index < -0.39 is 18.0 Å². The molecule has 2 aromatic carbocycles. The van der Waals surface area contributed by atoms with Crippen molar-refractivity contribution in [1.29, 1.82) is 0 Å². The van der Waals surface area contributed by atoms with Gasteiger partial charge in [0.15, 0.2) is 22.9 Å². The number of carbonyl (C=O) groups excluding carboxylic acids is 2. The summed E-state index contributed by atoms with van der Waals surface area (Å²) < 4.78 is 30.1. The minimum atomic E-state index is -0.793. The lowest BCUT2D eigenvalue weighted by Gasteiger charge is -2.25. The highest BCUT2D eigenvalue weighted by Gasteiger charge is 2.34. The van der Waals surface area contributed by atoms with E-state index in [1.165, 1.54) is 15.9 Å². The van der Waals surface area contributed by atoms with Crippen molar-refractivity contribution in [3.05, 3.63) is 82.1 Å². The van der Waals surface area contributed by atoms with Crippen molar-refractivity contribution in [2.45, 2.75) is 46.8 Å². The lowest BCUT2D eigenvalue weighted by Crippen LogP contribution is -2.40. The highest BCUT2D eigenvalue weighted by molar-refractivity contribution is 14.1. The average molecular weight is 721 g/mol. The van der Waals surface area contributed by atoms with Crippen molar-refractivity contribution in [2.24, 2.45) is 4.99 Å². The molecule has 1 aromatic heterocycles. The van der Waals surface area contributed by atoms with E-state index in [-0.39, 0.29) is 37.1 Å². The Morgan fingerprint density at radius 3 is 2.44 bits per heavy atom. The first kappa shape index (κ1) is 32.3. The second-order valence-corrected chi connectivity index (χ2v) is 11.8. The number of hydrogen-bond acceptors (Lipinski definition) is 10. The van der Waals surface area contributed by atoms with Gasteiger partial charge >= 0.3 is 11.9 Å². The molecule has 228 valence electrons. The minimum Gasteiger partial charge on any atom is -0.493 e. The van der Waals surface area contributed by atoms with Gasteiger partial charge in [0.1, 0.15) is 5.75 Å². The molecule has 0 fully saturated rings. The molecular weight excluding hydrogens is 687 g/mol. The molecule has 3 aromatic rings. The molecule has 0 amide bonds. The topological polar surface area (TPSA) is 115 Å². The molecule has 0 bridgehead atoms. The molecule has 12 heteroatoms. The van der Waals surface area contributed by atoms with Crippen LogP contribution in [0.3, 0.4) is 0 Å². The molecule has 0 radical (unpaired) electrons. The number of fused-ring (bicyclic) bond motifs is 1. The van der Waals surface area contributed by atoms with Gasteiger partial charge in [-0.25, -0.2) is 14.6 Å². The average Bonchev–Trinajstić information content (AvgIpc) is 3.25. The van der Waals surface area contributed by atoms with Gasteiger partial charge in [0.05, 0.1) is 51.8 Å². The summed E-state index contributed by atoms with van der Waals surface area (Å²) in [5.41, 5.74) is 1.85. The lowest BCUT2D eigenvalue weighted by atomic mass is 9.95. The molecule has 0 aliphatic carbocycles. The first-order chi connectivity index (χ1) is 20.6. The number of hydrogen-bond donors (Lipinski definition) is 0. The Bertz CT molecular complexity index is 1740. The van der Waals surface area contributed by atoms with Crippen LogP contribution < -0.4 is 29.1 Å². The van der Waals surface area contributed by atoms with Gasteiger partial charge < -0.3 is 23.7 Å². The summed E-state index contributed by atoms with van der Waals surface area (Å²) in [5, 5.41) is 0. The van der Waals surface area contributed by atoms with Crippen molar-refractivity contribution in [2.75, 3.05) is 26.9 Å². The molecule has 0 N–H and O–H groups in total. The van der Waals surface area contributed by atoms with Crippen molar-refractivity contribution >= 4 is 51.9 Å². The van der Waals surface area contributed by atoms with Gasteiger partial charge in [0.25, 0.3) is 5.56 Å². The minimum absolute atomic E-state index is 0.0732. The van der Waals surface area contributed by atoms with Crippen LogP contribution in [0.15, 0.2) is 57.5 Å². The van der Waals surface area contributed by atoms with Crippen molar-refractivity contribution in [3.63, 3.8) is 0 Å². The fraction of sp³-hybridized carbons (Fsp3) is 0.355. The largest absolute Gasteiger partial charge is 0.493 e. The summed E-state index contributed by atoms with van der Waals surface area (Å²) in [6, 6.07) is 9.96. The Balaban J connectivity index is 1.80. The first-order valence-electron chi connectivity index (χ1n) is 13.7. The van der Waals surface area contributed by atoms with Crippen molar-refractivity contribution in [1.82, 2.24) is 4.57 Å². The quantitative estimate of drug-likeness (QED) is 0.215. The zero-order valence-electron chi connectivity index (χ0n) is 24.8. The third-order valence-electron chi connectivity index (χ3n) is 6.29. The predicted molar refractivity (Wildman–Crippen MR) is 170 cm³/mol. The standard InChI is InChI=1S/C31H33IN2O8S/c1-7-39-26(35)16-41-22-11-9-19(13-21(22)32)14-25-29(36)34-28(20-10-12-23(42-17(3)4)24(15-20)38-6)27(30(37)40-8-2)18(5)33-31(34)43-25/h9-15,17,28H,7-8,16H2,1-6H3/b25-14-/t28-/m1/s1. The van der Waals surface area contributed by atoms with Gasteiger partial charge in [-0.15, -0.1) is 0 Å². The Morgan fingerprint density at radius 1 is 1.07 bits per heavy atom. The van der Waals surface area contributed by atoms with Crippen molar-refractivity contribution in [3.8, 4) is 17.2 Å². The fourth-order valence-electron chi connectivity index (χ4n) is 4.53. The van der Waals surface area contributed by atoms with E-state index in [2.05, 4.69) is 27.6 Å². The van der Waals surface area contributed by atoms with Gasteiger partial charge in [0, 0.05) is 0 Å². The first-order valence-corrected chi connectivity index (χ1v) is 15.6.